The summed E-state index contributed by atoms with van der Waals surface area (Å²) in [6.07, 6.45) is 12.1. The standard InChI is InChI=1S/C30H42N6O2/c1-4-5-12-31-30-32-17-26-27(19-36(28(26)34-30)18-22-6-8-25(37)9-7-22)23-10-13-35(14-11-23)29(38)24-15-20(2)33-21(3)16-24/h15-17,19,22-23,25,37H,4-14,18H2,1-3H3,(H,31,32,34). The van der Waals surface area contributed by atoms with Gasteiger partial charge < -0.3 is 19.9 Å². The lowest BCUT2D eigenvalue weighted by Crippen LogP contribution is -2.38. The highest BCUT2D eigenvalue weighted by Crippen LogP contribution is 2.36. The number of hydrogen-bond donors (Lipinski definition) is 2. The monoisotopic (exact) mass is 518 g/mol. The molecule has 2 fully saturated rings. The molecular weight excluding hydrogens is 476 g/mol. The van der Waals surface area contributed by atoms with Crippen molar-refractivity contribution < 1.29 is 9.90 Å². The van der Waals surface area contributed by atoms with Gasteiger partial charge in [0.25, 0.3) is 5.91 Å². The van der Waals surface area contributed by atoms with Crippen molar-refractivity contribution >= 4 is 22.9 Å². The fourth-order valence-electron chi connectivity index (χ4n) is 6.16. The average molecular weight is 519 g/mol. The summed E-state index contributed by atoms with van der Waals surface area (Å²) in [6.45, 7) is 9.35. The Kier molecular flexibility index (Phi) is 8.27. The second kappa shape index (κ2) is 11.8. The van der Waals surface area contributed by atoms with Crippen molar-refractivity contribution in [1.82, 2.24) is 24.4 Å². The maximum absolute atomic E-state index is 13.2. The number of fused-ring (bicyclic) bond motifs is 1. The van der Waals surface area contributed by atoms with E-state index in [4.69, 9.17) is 4.98 Å². The highest BCUT2D eigenvalue weighted by Gasteiger charge is 2.28. The lowest BCUT2D eigenvalue weighted by molar-refractivity contribution is 0.0713. The number of aryl methyl sites for hydroxylation is 2. The molecule has 0 aromatic carbocycles. The Morgan fingerprint density at radius 2 is 1.76 bits per heavy atom. The van der Waals surface area contributed by atoms with E-state index < -0.39 is 0 Å². The van der Waals surface area contributed by atoms with Gasteiger partial charge in [-0.15, -0.1) is 0 Å². The minimum absolute atomic E-state index is 0.102. The molecule has 2 N–H and O–H groups in total. The van der Waals surface area contributed by atoms with Crippen LogP contribution in [-0.2, 0) is 6.54 Å². The second-order valence-corrected chi connectivity index (χ2v) is 11.3. The quantitative estimate of drug-likeness (QED) is 0.397. The number of aliphatic hydroxyl groups excluding tert-OH is 1. The molecule has 1 saturated carbocycles. The summed E-state index contributed by atoms with van der Waals surface area (Å²) in [5, 5.41) is 14.5. The van der Waals surface area contributed by atoms with Crippen LogP contribution in [0, 0.1) is 19.8 Å². The molecule has 0 unspecified atom stereocenters. The fraction of sp³-hybridized carbons (Fsp3) is 0.600. The number of amides is 1. The summed E-state index contributed by atoms with van der Waals surface area (Å²) in [5.74, 6) is 1.73. The molecule has 38 heavy (non-hydrogen) atoms. The number of pyridine rings is 1. The first-order valence-corrected chi connectivity index (χ1v) is 14.4. The molecule has 8 heteroatoms. The fourth-order valence-corrected chi connectivity index (χ4v) is 6.16. The molecule has 0 atom stereocenters. The van der Waals surface area contributed by atoms with Gasteiger partial charge in [0.2, 0.25) is 5.95 Å². The Hall–Kier alpha value is -3.00. The van der Waals surface area contributed by atoms with Gasteiger partial charge in [0.15, 0.2) is 0 Å². The van der Waals surface area contributed by atoms with Crippen LogP contribution in [0.1, 0.15) is 91.5 Å². The number of anilines is 1. The van der Waals surface area contributed by atoms with Crippen LogP contribution in [0.25, 0.3) is 11.0 Å². The third kappa shape index (κ3) is 6.01. The van der Waals surface area contributed by atoms with Crippen LogP contribution in [-0.4, -0.2) is 61.2 Å². The third-order valence-corrected chi connectivity index (χ3v) is 8.28. The molecule has 1 aliphatic heterocycles. The zero-order valence-corrected chi connectivity index (χ0v) is 23.1. The summed E-state index contributed by atoms with van der Waals surface area (Å²) in [4.78, 5) is 29.2. The number of nitrogens with zero attached hydrogens (tertiary/aromatic N) is 5. The number of carbonyl (C=O) groups is 1. The Labute approximate surface area is 225 Å². The van der Waals surface area contributed by atoms with E-state index in [0.29, 0.717) is 17.8 Å². The molecule has 1 aliphatic carbocycles. The molecule has 1 saturated heterocycles. The van der Waals surface area contributed by atoms with Crippen LogP contribution >= 0.6 is 0 Å². The van der Waals surface area contributed by atoms with E-state index in [9.17, 15) is 9.90 Å². The average Bonchev–Trinajstić information content (AvgIpc) is 3.27. The van der Waals surface area contributed by atoms with Crippen LogP contribution in [0.15, 0.2) is 24.5 Å². The Bertz CT molecular complexity index is 1230. The summed E-state index contributed by atoms with van der Waals surface area (Å²) in [5.41, 5.74) is 4.80. The molecule has 2 aliphatic rings. The maximum Gasteiger partial charge on any atom is 0.253 e. The van der Waals surface area contributed by atoms with Crippen molar-refractivity contribution in [3.8, 4) is 0 Å². The van der Waals surface area contributed by atoms with E-state index in [2.05, 4.69) is 33.0 Å². The number of aromatic nitrogens is 4. The largest absolute Gasteiger partial charge is 0.393 e. The summed E-state index contributed by atoms with van der Waals surface area (Å²) < 4.78 is 2.33. The van der Waals surface area contributed by atoms with E-state index in [-0.39, 0.29) is 12.0 Å². The summed E-state index contributed by atoms with van der Waals surface area (Å²) in [7, 11) is 0. The smallest absolute Gasteiger partial charge is 0.253 e. The molecule has 1 amide bonds. The van der Waals surface area contributed by atoms with Crippen LogP contribution < -0.4 is 5.32 Å². The van der Waals surface area contributed by atoms with Gasteiger partial charge in [0.1, 0.15) is 5.65 Å². The molecule has 5 rings (SSSR count). The molecule has 4 heterocycles. The third-order valence-electron chi connectivity index (χ3n) is 8.28. The second-order valence-electron chi connectivity index (χ2n) is 11.3. The first-order chi connectivity index (χ1) is 18.4. The normalized spacial score (nSPS) is 20.7. The minimum atomic E-state index is -0.146. The molecule has 0 radical (unpaired) electrons. The van der Waals surface area contributed by atoms with E-state index >= 15 is 0 Å². The number of hydrogen-bond acceptors (Lipinski definition) is 6. The molecule has 204 valence electrons. The van der Waals surface area contributed by atoms with Gasteiger partial charge in [-0.25, -0.2) is 4.98 Å². The number of piperidine rings is 1. The van der Waals surface area contributed by atoms with Crippen LogP contribution in [0.3, 0.4) is 0 Å². The van der Waals surface area contributed by atoms with Gasteiger partial charge in [-0.2, -0.15) is 4.98 Å². The maximum atomic E-state index is 13.2. The van der Waals surface area contributed by atoms with Gasteiger partial charge in [-0.1, -0.05) is 13.3 Å². The van der Waals surface area contributed by atoms with Crippen molar-refractivity contribution in [2.45, 2.75) is 90.7 Å². The summed E-state index contributed by atoms with van der Waals surface area (Å²) in [6, 6.07) is 3.78. The lowest BCUT2D eigenvalue weighted by atomic mass is 9.87. The van der Waals surface area contributed by atoms with Crippen molar-refractivity contribution in [3.05, 3.63) is 47.0 Å². The van der Waals surface area contributed by atoms with Crippen molar-refractivity contribution in [2.24, 2.45) is 5.92 Å². The highest BCUT2D eigenvalue weighted by atomic mass is 16.3. The number of aliphatic hydroxyl groups is 1. The van der Waals surface area contributed by atoms with Crippen molar-refractivity contribution in [2.75, 3.05) is 25.0 Å². The van der Waals surface area contributed by atoms with Crippen molar-refractivity contribution in [1.29, 1.82) is 0 Å². The van der Waals surface area contributed by atoms with Crippen molar-refractivity contribution in [3.63, 3.8) is 0 Å². The van der Waals surface area contributed by atoms with Crippen LogP contribution in [0.2, 0.25) is 0 Å². The number of carbonyl (C=O) groups excluding carboxylic acids is 1. The molecule has 3 aromatic heterocycles. The first kappa shape index (κ1) is 26.6. The Morgan fingerprint density at radius 3 is 2.45 bits per heavy atom. The van der Waals surface area contributed by atoms with Gasteiger partial charge in [0, 0.05) is 60.9 Å². The predicted molar refractivity (Wildman–Crippen MR) is 150 cm³/mol. The first-order valence-electron chi connectivity index (χ1n) is 14.4. The lowest BCUT2D eigenvalue weighted by Gasteiger charge is -2.32. The van der Waals surface area contributed by atoms with Gasteiger partial charge in [-0.3, -0.25) is 9.78 Å². The van der Waals surface area contributed by atoms with E-state index in [1.165, 1.54) is 5.56 Å². The van der Waals surface area contributed by atoms with E-state index in [1.807, 2.05) is 37.1 Å². The molecule has 0 bridgehead atoms. The SMILES string of the molecule is CCCCNc1ncc2c(C3CCN(C(=O)c4cc(C)nc(C)c4)CC3)cn(CC3CCC(O)CC3)c2n1. The number of rotatable bonds is 8. The van der Waals surface area contributed by atoms with E-state index in [1.54, 1.807) is 0 Å². The van der Waals surface area contributed by atoms with E-state index in [0.717, 1.165) is 106 Å². The topological polar surface area (TPSA) is 96.2 Å². The molecule has 3 aromatic rings. The number of likely N-dealkylation sites (tertiary alicyclic amines) is 1. The molecule has 8 nitrogen and oxygen atoms in total. The van der Waals surface area contributed by atoms with Crippen LogP contribution in [0.4, 0.5) is 5.95 Å². The Morgan fingerprint density at radius 1 is 1.05 bits per heavy atom. The Balaban J connectivity index is 1.34. The molecule has 0 spiro atoms. The summed E-state index contributed by atoms with van der Waals surface area (Å²) >= 11 is 0. The number of unbranched alkanes of at least 4 members (excludes halogenated alkanes) is 1. The number of nitrogens with one attached hydrogen (secondary N) is 1. The molecular formula is C30H42N6O2. The van der Waals surface area contributed by atoms with Gasteiger partial charge >= 0.3 is 0 Å². The van der Waals surface area contributed by atoms with Gasteiger partial charge in [-0.05, 0) is 88.3 Å². The van der Waals surface area contributed by atoms with Gasteiger partial charge in [0.05, 0.1) is 6.10 Å². The zero-order valence-electron chi connectivity index (χ0n) is 23.1. The predicted octanol–water partition coefficient (Wildman–Crippen LogP) is 5.23. The highest BCUT2D eigenvalue weighted by molar-refractivity contribution is 5.94. The zero-order chi connectivity index (χ0) is 26.6. The minimum Gasteiger partial charge on any atom is -0.393 e. The van der Waals surface area contributed by atoms with Crippen LogP contribution in [0.5, 0.6) is 0 Å².